The van der Waals surface area contributed by atoms with E-state index in [4.69, 9.17) is 4.74 Å². The maximum absolute atomic E-state index is 5.14. The van der Waals surface area contributed by atoms with E-state index in [9.17, 15) is 0 Å². The molecule has 0 atom stereocenters. The number of methoxy groups -OCH3 is 1. The van der Waals surface area contributed by atoms with Gasteiger partial charge in [-0.15, -0.1) is 0 Å². The molecule has 0 fully saturated rings. The van der Waals surface area contributed by atoms with Crippen LogP contribution in [0.1, 0.15) is 21.1 Å². The summed E-state index contributed by atoms with van der Waals surface area (Å²) in [6.45, 7) is 4.31. The molecule has 1 heterocycles. The molecule has 2 rings (SSSR count). The second-order valence-corrected chi connectivity index (χ2v) is 5.48. The molecule has 0 N–H and O–H groups in total. The molecule has 0 bridgehead atoms. The van der Waals surface area contributed by atoms with Crippen LogP contribution in [0.4, 0.5) is 0 Å². The van der Waals surface area contributed by atoms with E-state index in [1.165, 1.54) is 21.1 Å². The van der Waals surface area contributed by atoms with Gasteiger partial charge in [0, 0.05) is 13.0 Å². The predicted molar refractivity (Wildman–Crippen MR) is 76.9 cm³/mol. The number of aromatic nitrogens is 1. The van der Waals surface area contributed by atoms with Crippen LogP contribution in [0.15, 0.2) is 24.3 Å². The first-order chi connectivity index (χ1) is 8.61. The molecule has 0 aliphatic carbocycles. The molecule has 0 saturated carbocycles. The first-order valence-electron chi connectivity index (χ1n) is 5.90. The Balaban J connectivity index is 2.21. The van der Waals surface area contributed by atoms with Crippen LogP contribution in [-0.4, -0.2) is 7.11 Å². The van der Waals surface area contributed by atoms with E-state index in [0.717, 1.165) is 5.75 Å². The SMILES string of the molecule is COc1ccc(/C=C/c2sc(C)c(C)[n+]2C)cc1. The van der Waals surface area contributed by atoms with Gasteiger partial charge in [-0.3, -0.25) is 0 Å². The van der Waals surface area contributed by atoms with Gasteiger partial charge in [-0.2, -0.15) is 4.57 Å². The Morgan fingerprint density at radius 1 is 1.11 bits per heavy atom. The van der Waals surface area contributed by atoms with E-state index in [-0.39, 0.29) is 0 Å². The van der Waals surface area contributed by atoms with E-state index in [0.29, 0.717) is 0 Å². The fraction of sp³-hybridized carbons (Fsp3) is 0.267. The van der Waals surface area contributed by atoms with Crippen LogP contribution in [0.25, 0.3) is 12.2 Å². The number of hydrogen-bond acceptors (Lipinski definition) is 2. The van der Waals surface area contributed by atoms with Gasteiger partial charge >= 0.3 is 0 Å². The highest BCUT2D eigenvalue weighted by Crippen LogP contribution is 2.18. The van der Waals surface area contributed by atoms with Crippen LogP contribution in [0.5, 0.6) is 5.75 Å². The van der Waals surface area contributed by atoms with Crippen LogP contribution >= 0.6 is 11.3 Å². The molecule has 2 nitrogen and oxygen atoms in total. The molecule has 94 valence electrons. The Bertz CT molecular complexity index is 567. The molecule has 0 amide bonds. The van der Waals surface area contributed by atoms with Gasteiger partial charge in [0.25, 0.3) is 5.01 Å². The Labute approximate surface area is 112 Å². The first-order valence-corrected chi connectivity index (χ1v) is 6.71. The van der Waals surface area contributed by atoms with E-state index < -0.39 is 0 Å². The summed E-state index contributed by atoms with van der Waals surface area (Å²) < 4.78 is 7.37. The molecule has 0 aliphatic rings. The molecule has 3 heteroatoms. The molecule has 2 aromatic rings. The molecule has 18 heavy (non-hydrogen) atoms. The zero-order valence-electron chi connectivity index (χ0n) is 11.2. The monoisotopic (exact) mass is 260 g/mol. The van der Waals surface area contributed by atoms with Crippen molar-refractivity contribution in [3.05, 3.63) is 45.4 Å². The Hall–Kier alpha value is -1.61. The standard InChI is InChI=1S/C15H18NOS/c1-11-12(2)18-15(16(11)3)10-7-13-5-8-14(17-4)9-6-13/h5-10H,1-4H3/q+1/b10-7+. The lowest BCUT2D eigenvalue weighted by molar-refractivity contribution is -0.674. The number of nitrogens with zero attached hydrogens (tertiary/aromatic N) is 1. The van der Waals surface area contributed by atoms with E-state index in [1.807, 2.05) is 23.5 Å². The molecule has 0 unspecified atom stereocenters. The zero-order valence-corrected chi connectivity index (χ0v) is 12.0. The largest absolute Gasteiger partial charge is 0.497 e. The summed E-state index contributed by atoms with van der Waals surface area (Å²) >= 11 is 1.82. The first kappa shape index (κ1) is 12.8. The van der Waals surface area contributed by atoms with Gasteiger partial charge in [0.1, 0.15) is 12.8 Å². The normalized spacial score (nSPS) is 11.1. The van der Waals surface area contributed by atoms with Crippen molar-refractivity contribution in [3.63, 3.8) is 0 Å². The van der Waals surface area contributed by atoms with Crippen LogP contribution < -0.4 is 9.30 Å². The number of benzene rings is 1. The summed E-state index contributed by atoms with van der Waals surface area (Å²) in [6.07, 6.45) is 4.29. The highest BCUT2D eigenvalue weighted by molar-refractivity contribution is 7.12. The molecular weight excluding hydrogens is 242 g/mol. The van der Waals surface area contributed by atoms with Crippen LogP contribution in [0.2, 0.25) is 0 Å². The second kappa shape index (κ2) is 5.36. The maximum Gasteiger partial charge on any atom is 0.261 e. The predicted octanol–water partition coefficient (Wildman–Crippen LogP) is 3.37. The molecule has 1 aromatic carbocycles. The molecule has 0 radical (unpaired) electrons. The van der Waals surface area contributed by atoms with Gasteiger partial charge in [-0.1, -0.05) is 23.5 Å². The molecule has 0 aliphatic heterocycles. The summed E-state index contributed by atoms with van der Waals surface area (Å²) in [4.78, 5) is 1.37. The number of hydrogen-bond donors (Lipinski definition) is 0. The van der Waals surface area contributed by atoms with Crippen molar-refractivity contribution >= 4 is 23.5 Å². The number of aryl methyl sites for hydroxylation is 1. The Morgan fingerprint density at radius 3 is 2.28 bits per heavy atom. The third kappa shape index (κ3) is 2.62. The Morgan fingerprint density at radius 2 is 1.78 bits per heavy atom. The zero-order chi connectivity index (χ0) is 13.1. The summed E-state index contributed by atoms with van der Waals surface area (Å²) in [7, 11) is 3.79. The maximum atomic E-state index is 5.14. The van der Waals surface area contributed by atoms with Crippen molar-refractivity contribution < 1.29 is 9.30 Å². The minimum Gasteiger partial charge on any atom is -0.497 e. The van der Waals surface area contributed by atoms with Gasteiger partial charge in [-0.05, 0) is 30.7 Å². The van der Waals surface area contributed by atoms with Crippen LogP contribution in [-0.2, 0) is 7.05 Å². The minimum atomic E-state index is 0.889. The fourth-order valence-electron chi connectivity index (χ4n) is 1.73. The lowest BCUT2D eigenvalue weighted by Gasteiger charge is -1.98. The minimum absolute atomic E-state index is 0.889. The average Bonchev–Trinajstić information content (AvgIpc) is 2.64. The lowest BCUT2D eigenvalue weighted by Crippen LogP contribution is -2.31. The topological polar surface area (TPSA) is 13.1 Å². The second-order valence-electron chi connectivity index (χ2n) is 4.25. The van der Waals surface area contributed by atoms with Gasteiger partial charge in [0.2, 0.25) is 0 Å². The van der Waals surface area contributed by atoms with Gasteiger partial charge < -0.3 is 4.74 Å². The molecular formula is C15H18NOS+. The highest BCUT2D eigenvalue weighted by Gasteiger charge is 2.13. The quantitative estimate of drug-likeness (QED) is 0.771. The summed E-state index contributed by atoms with van der Waals surface area (Å²) in [5.74, 6) is 0.889. The van der Waals surface area contributed by atoms with E-state index in [1.54, 1.807) is 7.11 Å². The smallest absolute Gasteiger partial charge is 0.261 e. The van der Waals surface area contributed by atoms with Crippen molar-refractivity contribution in [1.29, 1.82) is 0 Å². The van der Waals surface area contributed by atoms with E-state index in [2.05, 4.69) is 49.7 Å². The van der Waals surface area contributed by atoms with Crippen molar-refractivity contribution in [3.8, 4) is 5.75 Å². The number of ether oxygens (including phenoxy) is 1. The van der Waals surface area contributed by atoms with Gasteiger partial charge in [0.05, 0.1) is 12.0 Å². The van der Waals surface area contributed by atoms with E-state index >= 15 is 0 Å². The lowest BCUT2D eigenvalue weighted by atomic mass is 10.2. The summed E-state index contributed by atoms with van der Waals surface area (Å²) in [5.41, 5.74) is 2.51. The van der Waals surface area contributed by atoms with Crippen molar-refractivity contribution in [2.24, 2.45) is 7.05 Å². The fourth-order valence-corrected chi connectivity index (χ4v) is 2.74. The number of thiazole rings is 1. The summed E-state index contributed by atoms with van der Waals surface area (Å²) in [6, 6.07) is 8.07. The highest BCUT2D eigenvalue weighted by atomic mass is 32.1. The molecule has 0 spiro atoms. The number of rotatable bonds is 3. The Kier molecular flexibility index (Phi) is 3.82. The van der Waals surface area contributed by atoms with Crippen molar-refractivity contribution in [2.75, 3.05) is 7.11 Å². The third-order valence-corrected chi connectivity index (χ3v) is 4.36. The van der Waals surface area contributed by atoms with Crippen LogP contribution in [0, 0.1) is 13.8 Å². The molecule has 1 aromatic heterocycles. The third-order valence-electron chi connectivity index (χ3n) is 3.14. The van der Waals surface area contributed by atoms with Gasteiger partial charge in [-0.25, -0.2) is 0 Å². The van der Waals surface area contributed by atoms with Crippen molar-refractivity contribution in [1.82, 2.24) is 0 Å². The van der Waals surface area contributed by atoms with Crippen LogP contribution in [0.3, 0.4) is 0 Å². The summed E-state index contributed by atoms with van der Waals surface area (Å²) in [5, 5.41) is 1.26. The average molecular weight is 260 g/mol. The van der Waals surface area contributed by atoms with Gasteiger partial charge in [0.15, 0.2) is 5.69 Å². The van der Waals surface area contributed by atoms with Crippen molar-refractivity contribution in [2.45, 2.75) is 13.8 Å². The molecule has 0 saturated heterocycles.